The Labute approximate surface area is 202 Å². The third-order valence-electron chi connectivity index (χ3n) is 8.74. The Morgan fingerprint density at radius 3 is 2.63 bits per heavy atom. The van der Waals surface area contributed by atoms with Crippen molar-refractivity contribution in [3.63, 3.8) is 0 Å². The third-order valence-corrected chi connectivity index (χ3v) is 8.74. The fourth-order valence-electron chi connectivity index (χ4n) is 7.44. The molecule has 6 rings (SSSR count). The zero-order valence-corrected chi connectivity index (χ0v) is 20.0. The van der Waals surface area contributed by atoms with E-state index in [1.165, 1.54) is 6.92 Å². The number of rotatable bonds is 5. The van der Waals surface area contributed by atoms with E-state index in [1.54, 1.807) is 0 Å². The van der Waals surface area contributed by atoms with E-state index in [4.69, 9.17) is 4.74 Å². The van der Waals surface area contributed by atoms with Crippen LogP contribution in [0.4, 0.5) is 5.69 Å². The van der Waals surface area contributed by atoms with Gasteiger partial charge in [0.05, 0.1) is 17.4 Å². The summed E-state index contributed by atoms with van der Waals surface area (Å²) in [5, 5.41) is 32.0. The lowest BCUT2D eigenvalue weighted by Gasteiger charge is -2.56. The Kier molecular flexibility index (Phi) is 5.14. The number of phenolic OH excluding ortho intramolecular Hbond substituents is 1. The highest BCUT2D eigenvalue weighted by Crippen LogP contribution is 2.71. The molecule has 4 fully saturated rings. The molecule has 9 nitrogen and oxygen atoms in total. The molecule has 0 unspecified atom stereocenters. The molecule has 0 radical (unpaired) electrons. The van der Waals surface area contributed by atoms with Crippen molar-refractivity contribution in [2.24, 2.45) is 27.7 Å². The van der Waals surface area contributed by atoms with Gasteiger partial charge in [-0.15, -0.1) is 0 Å². The van der Waals surface area contributed by atoms with E-state index < -0.39 is 34.4 Å². The van der Waals surface area contributed by atoms with Gasteiger partial charge < -0.3 is 25.4 Å². The van der Waals surface area contributed by atoms with Gasteiger partial charge in [-0.25, -0.2) is 9.79 Å². The number of benzene rings is 1. The lowest BCUT2D eigenvalue weighted by atomic mass is 9.51. The van der Waals surface area contributed by atoms with Crippen LogP contribution in [0.1, 0.15) is 63.2 Å². The number of phenols is 2. The van der Waals surface area contributed by atoms with Crippen LogP contribution in [0.15, 0.2) is 29.3 Å². The summed E-state index contributed by atoms with van der Waals surface area (Å²) in [7, 11) is 0. The number of aromatic carboxylic acids is 1. The molecule has 4 bridgehead atoms. The van der Waals surface area contributed by atoms with Gasteiger partial charge in [-0.3, -0.25) is 9.59 Å². The number of hydrogen-bond acceptors (Lipinski definition) is 6. The monoisotopic (exact) mass is 482 g/mol. The first-order chi connectivity index (χ1) is 16.4. The van der Waals surface area contributed by atoms with Crippen molar-refractivity contribution in [3.8, 4) is 11.5 Å². The fourth-order valence-corrected chi connectivity index (χ4v) is 7.44. The summed E-state index contributed by atoms with van der Waals surface area (Å²) in [6.07, 6.45) is 7.42. The fraction of sp³-hybridized carbons (Fsp3) is 0.538. The van der Waals surface area contributed by atoms with Crippen LogP contribution in [-0.2, 0) is 14.3 Å². The van der Waals surface area contributed by atoms with Gasteiger partial charge in [0.25, 0.3) is 0 Å². The summed E-state index contributed by atoms with van der Waals surface area (Å²) >= 11 is 0. The van der Waals surface area contributed by atoms with Crippen molar-refractivity contribution < 1.29 is 34.4 Å². The molecule has 4 N–H and O–H groups in total. The topological polar surface area (TPSA) is 146 Å². The summed E-state index contributed by atoms with van der Waals surface area (Å²) in [5.74, 6) is -2.76. The zero-order valence-electron chi connectivity index (χ0n) is 20.0. The molecule has 1 aromatic rings. The number of carbonyl (C=O) groups is 3. The van der Waals surface area contributed by atoms with Crippen molar-refractivity contribution >= 4 is 29.2 Å². The van der Waals surface area contributed by atoms with E-state index in [9.17, 15) is 29.7 Å². The van der Waals surface area contributed by atoms with Gasteiger partial charge in [0, 0.05) is 24.7 Å². The Bertz CT molecular complexity index is 1210. The van der Waals surface area contributed by atoms with E-state index in [2.05, 4.69) is 23.3 Å². The van der Waals surface area contributed by atoms with Crippen molar-refractivity contribution in [3.05, 3.63) is 29.8 Å². The molecule has 186 valence electrons. The van der Waals surface area contributed by atoms with Crippen LogP contribution < -0.4 is 5.32 Å². The van der Waals surface area contributed by atoms with Crippen molar-refractivity contribution in [1.82, 2.24) is 0 Å². The van der Waals surface area contributed by atoms with Crippen LogP contribution in [0.2, 0.25) is 0 Å². The maximum Gasteiger partial charge on any atom is 0.339 e. The summed E-state index contributed by atoms with van der Waals surface area (Å²) in [6, 6.07) is 2.17. The largest absolute Gasteiger partial charge is 0.506 e. The molecule has 2 amide bonds. The number of aromatic hydroxyl groups is 2. The summed E-state index contributed by atoms with van der Waals surface area (Å²) in [4.78, 5) is 40.5. The molecule has 2 heterocycles. The predicted molar refractivity (Wildman–Crippen MR) is 126 cm³/mol. The Balaban J connectivity index is 1.42. The molecular weight excluding hydrogens is 452 g/mol. The minimum Gasteiger partial charge on any atom is -0.506 e. The number of carboxylic acids is 1. The predicted octanol–water partition coefficient (Wildman–Crippen LogP) is 3.65. The zero-order chi connectivity index (χ0) is 25.3. The van der Waals surface area contributed by atoms with Crippen molar-refractivity contribution in [2.45, 2.75) is 64.6 Å². The van der Waals surface area contributed by atoms with Gasteiger partial charge in [-0.05, 0) is 62.1 Å². The highest BCUT2D eigenvalue weighted by atomic mass is 16.5. The maximum atomic E-state index is 12.9. The van der Waals surface area contributed by atoms with Crippen LogP contribution in [0.3, 0.4) is 0 Å². The number of carboxylic acid groups (broad SMARTS) is 1. The second-order valence-electron chi connectivity index (χ2n) is 11.0. The van der Waals surface area contributed by atoms with E-state index >= 15 is 0 Å². The molecule has 3 aliphatic carbocycles. The number of allylic oxidation sites excluding steroid dienone is 2. The number of hydrogen-bond donors (Lipinski definition) is 4. The molecule has 1 spiro atoms. The summed E-state index contributed by atoms with van der Waals surface area (Å²) in [6.45, 7) is 5.63. The standard InChI is InChI=1S/C26H30N2O7/c1-13(29)27-18-6-9-26-11-14-10-17(35-25(14,3)12-26)22(26)24(18,2)8-7-19(31)28-20-16(30)5-4-15(21(20)32)23(33)34/h4-6,9,14,17,22,30,32H,7-8,10-12H2,1-3H3,(H,28,31)(H,33,34)/t14-,17+,22+,24-,25+,26+/m1/s1. The number of ether oxygens (including phenoxy) is 1. The average molecular weight is 483 g/mol. The summed E-state index contributed by atoms with van der Waals surface area (Å²) < 4.78 is 6.53. The Morgan fingerprint density at radius 1 is 1.23 bits per heavy atom. The number of amides is 2. The molecule has 2 saturated heterocycles. The first-order valence-corrected chi connectivity index (χ1v) is 11.9. The first kappa shape index (κ1) is 23.5. The highest BCUT2D eigenvalue weighted by Gasteiger charge is 2.71. The number of nitrogens with zero attached hydrogens (tertiary/aromatic N) is 1. The second kappa shape index (κ2) is 7.65. The maximum absolute atomic E-state index is 12.9. The summed E-state index contributed by atoms with van der Waals surface area (Å²) in [5.41, 5.74) is -0.936. The molecule has 35 heavy (non-hydrogen) atoms. The minimum absolute atomic E-state index is 0.0113. The third kappa shape index (κ3) is 3.47. The van der Waals surface area contributed by atoms with Crippen LogP contribution in [-0.4, -0.2) is 50.5 Å². The number of anilines is 1. The van der Waals surface area contributed by atoms with Crippen LogP contribution in [0.25, 0.3) is 0 Å². The quantitative estimate of drug-likeness (QED) is 0.469. The Morgan fingerprint density at radius 2 is 1.97 bits per heavy atom. The van der Waals surface area contributed by atoms with Crippen molar-refractivity contribution in [1.29, 1.82) is 0 Å². The van der Waals surface area contributed by atoms with Gasteiger partial charge in [0.15, 0.2) is 5.75 Å². The van der Waals surface area contributed by atoms with E-state index in [0.717, 1.165) is 31.4 Å². The normalized spacial score (nSPS) is 37.5. The van der Waals surface area contributed by atoms with Crippen LogP contribution in [0, 0.1) is 22.7 Å². The average Bonchev–Trinajstić information content (AvgIpc) is 3.12. The molecule has 6 atom stereocenters. The second-order valence-corrected chi connectivity index (χ2v) is 11.0. The highest BCUT2D eigenvalue weighted by molar-refractivity contribution is 6.07. The smallest absolute Gasteiger partial charge is 0.339 e. The molecule has 2 aliphatic heterocycles. The molecule has 5 aliphatic rings. The molecule has 9 heteroatoms. The first-order valence-electron chi connectivity index (χ1n) is 11.9. The SMILES string of the molecule is CC(=O)N=C1C=C[C@]23C[C@H]4C[C@H](O[C@@]4(C)C2)[C@H]3[C@]1(C)CCC(=O)Nc1c(O)ccc(C(=O)O)c1O. The number of carbonyl (C=O) groups excluding carboxylic acids is 2. The van der Waals surface area contributed by atoms with Gasteiger partial charge in [-0.2, -0.15) is 0 Å². The van der Waals surface area contributed by atoms with E-state index in [1.807, 2.05) is 13.0 Å². The minimum atomic E-state index is -1.38. The Hall–Kier alpha value is -3.20. The lowest BCUT2D eigenvalue weighted by molar-refractivity contribution is -0.145. The lowest BCUT2D eigenvalue weighted by Crippen LogP contribution is -2.56. The number of nitrogens with one attached hydrogen (secondary N) is 1. The molecule has 2 saturated carbocycles. The van der Waals surface area contributed by atoms with Crippen molar-refractivity contribution in [2.75, 3.05) is 5.32 Å². The molecular formula is C26H30N2O7. The van der Waals surface area contributed by atoms with E-state index in [0.29, 0.717) is 18.1 Å². The molecule has 0 aromatic heterocycles. The molecule has 1 aromatic carbocycles. The van der Waals surface area contributed by atoms with Crippen LogP contribution >= 0.6 is 0 Å². The van der Waals surface area contributed by atoms with Gasteiger partial charge >= 0.3 is 5.97 Å². The number of aliphatic imine (C=N–C) groups is 1. The van der Waals surface area contributed by atoms with E-state index in [-0.39, 0.29) is 41.1 Å². The van der Waals surface area contributed by atoms with Gasteiger partial charge in [0.2, 0.25) is 11.8 Å². The van der Waals surface area contributed by atoms with Crippen LogP contribution in [0.5, 0.6) is 11.5 Å². The van der Waals surface area contributed by atoms with Gasteiger partial charge in [-0.1, -0.05) is 13.0 Å². The van der Waals surface area contributed by atoms with Gasteiger partial charge in [0.1, 0.15) is 17.0 Å².